The Bertz CT molecular complexity index is 1990. The van der Waals surface area contributed by atoms with Crippen LogP contribution in [-0.2, 0) is 22.0 Å². The number of primary amides is 1. The number of hydrogen-bond acceptors (Lipinski definition) is 8. The Kier molecular flexibility index (Phi) is 5.70. The van der Waals surface area contributed by atoms with Crippen molar-refractivity contribution in [2.45, 2.75) is 69.2 Å². The van der Waals surface area contributed by atoms with Crippen LogP contribution in [0, 0.1) is 6.92 Å². The zero-order valence-electron chi connectivity index (χ0n) is 27.0. The highest BCUT2D eigenvalue weighted by molar-refractivity contribution is 5.88. The number of amides is 2. The van der Waals surface area contributed by atoms with Gasteiger partial charge >= 0.3 is 11.8 Å². The zero-order valence-corrected chi connectivity index (χ0v) is 23.0. The van der Waals surface area contributed by atoms with Crippen molar-refractivity contribution in [1.29, 1.82) is 0 Å². The van der Waals surface area contributed by atoms with Crippen LogP contribution in [0.4, 0.5) is 29.6 Å². The minimum Gasteiger partial charge on any atom is -0.453 e. The maximum absolute atomic E-state index is 14.2. The van der Waals surface area contributed by atoms with E-state index in [0.29, 0.717) is 10.1 Å². The predicted molar refractivity (Wildman–Crippen MR) is 149 cm³/mol. The molecule has 4 heterocycles. The molecule has 0 aromatic carbocycles. The van der Waals surface area contributed by atoms with Crippen LogP contribution in [0.1, 0.15) is 61.4 Å². The minimum atomic E-state index is -3.13. The van der Waals surface area contributed by atoms with Gasteiger partial charge in [0.15, 0.2) is 11.5 Å². The molecule has 228 valence electrons. The highest BCUT2D eigenvalue weighted by Gasteiger charge is 2.54. The smallest absolute Gasteiger partial charge is 0.407 e. The third-order valence-electron chi connectivity index (χ3n) is 8.14. The van der Waals surface area contributed by atoms with Gasteiger partial charge in [0.1, 0.15) is 28.9 Å². The number of alkyl carbamates (subject to hydrolysis) is 1. The molecular weight excluding hydrogens is 571 g/mol. The van der Waals surface area contributed by atoms with E-state index in [4.69, 9.17) is 11.2 Å². The average molecular weight is 606 g/mol. The molecule has 16 heteroatoms. The first-order chi connectivity index (χ1) is 22.0. The standard InChI is InChI=1S/C27H30F3N9O4/c1-12-6-19(35-22-20(12)36-23(21(29)30)39(22)27(24(31)40)9-13(28)10-27)34-18-8-16-17(11-32-18)37(2)26(42)38(16)15-5-4-14(7-15)33-25(41)43-3/h6,8,11,13-15,21H,4-5,7,9-10H2,1-3H3,(H2,31,40)(H,33,41)(H,32,34,35)/i2D3,14D. The molecule has 2 atom stereocenters. The summed E-state index contributed by atoms with van der Waals surface area (Å²) in [7, 11) is 1.16. The molecule has 4 aromatic heterocycles. The van der Waals surface area contributed by atoms with E-state index >= 15 is 0 Å². The molecule has 0 saturated heterocycles. The Morgan fingerprint density at radius 3 is 2.65 bits per heavy atom. The number of rotatable bonds is 7. The van der Waals surface area contributed by atoms with E-state index in [9.17, 15) is 27.6 Å². The van der Waals surface area contributed by atoms with Gasteiger partial charge in [0.05, 0.1) is 25.7 Å². The number of imidazole rings is 2. The van der Waals surface area contributed by atoms with Crippen molar-refractivity contribution in [3.8, 4) is 0 Å². The number of pyridine rings is 2. The number of aryl methyl sites for hydroxylation is 2. The summed E-state index contributed by atoms with van der Waals surface area (Å²) >= 11 is 0. The zero-order chi connectivity index (χ0) is 34.2. The van der Waals surface area contributed by atoms with Gasteiger partial charge in [0.2, 0.25) is 5.91 Å². The van der Waals surface area contributed by atoms with Crippen LogP contribution in [0.3, 0.4) is 0 Å². The highest BCUT2D eigenvalue weighted by Crippen LogP contribution is 2.45. The summed E-state index contributed by atoms with van der Waals surface area (Å²) in [5.41, 5.74) is 3.40. The van der Waals surface area contributed by atoms with Crippen LogP contribution in [0.15, 0.2) is 23.1 Å². The SMILES string of the molecule is [2H]C1(NC(=O)OC)CCC(n2c(=O)n(C([2H])([2H])[2H])c3cnc(Nc4cc(C)c5nc(C(F)F)n(C6(C(N)=O)CC(F)C6)c5n4)cc32)C1. The second kappa shape index (κ2) is 10.3. The molecule has 2 aliphatic carbocycles. The number of carbonyl (C=O) groups is 2. The summed E-state index contributed by atoms with van der Waals surface area (Å²) in [5, 5.41) is 5.39. The lowest BCUT2D eigenvalue weighted by atomic mass is 9.74. The lowest BCUT2D eigenvalue weighted by Crippen LogP contribution is -2.57. The molecule has 43 heavy (non-hydrogen) atoms. The molecule has 2 unspecified atom stereocenters. The number of anilines is 2. The van der Waals surface area contributed by atoms with E-state index in [1.807, 2.05) is 0 Å². The second-order valence-corrected chi connectivity index (χ2v) is 10.8. The molecule has 13 nitrogen and oxygen atoms in total. The molecule has 2 aliphatic rings. The number of nitrogens with two attached hydrogens (primary N) is 1. The molecule has 2 fully saturated rings. The number of carbonyl (C=O) groups excluding carboxylic acids is 2. The topological polar surface area (TPSA) is 164 Å². The molecule has 2 saturated carbocycles. The van der Waals surface area contributed by atoms with E-state index in [2.05, 4.69) is 30.3 Å². The van der Waals surface area contributed by atoms with Crippen LogP contribution >= 0.6 is 0 Å². The molecule has 0 aliphatic heterocycles. The summed E-state index contributed by atoms with van der Waals surface area (Å²) in [6, 6.07) is 0.747. The summed E-state index contributed by atoms with van der Waals surface area (Å²) in [5.74, 6) is -1.63. The van der Waals surface area contributed by atoms with Crippen molar-refractivity contribution < 1.29 is 33.0 Å². The van der Waals surface area contributed by atoms with Gasteiger partial charge in [-0.05, 0) is 37.8 Å². The van der Waals surface area contributed by atoms with E-state index in [0.717, 1.165) is 11.7 Å². The number of aromatic nitrogens is 6. The first-order valence-electron chi connectivity index (χ1n) is 15.4. The minimum absolute atomic E-state index is 0.0163. The average Bonchev–Trinajstić information content (AvgIpc) is 3.61. The summed E-state index contributed by atoms with van der Waals surface area (Å²) in [6.45, 7) is -1.29. The third-order valence-corrected chi connectivity index (χ3v) is 8.14. The molecule has 6 rings (SSSR count). The van der Waals surface area contributed by atoms with E-state index in [-0.39, 0.29) is 53.1 Å². The van der Waals surface area contributed by atoms with Crippen molar-refractivity contribution in [3.63, 3.8) is 0 Å². The molecular formula is C27H30F3N9O4. The van der Waals surface area contributed by atoms with Crippen LogP contribution in [0.5, 0.6) is 0 Å². The Morgan fingerprint density at radius 1 is 1.23 bits per heavy atom. The lowest BCUT2D eigenvalue weighted by molar-refractivity contribution is -0.135. The fourth-order valence-electron chi connectivity index (χ4n) is 6.04. The first kappa shape index (κ1) is 23.9. The Hall–Kier alpha value is -4.63. The van der Waals surface area contributed by atoms with Crippen molar-refractivity contribution in [3.05, 3.63) is 40.2 Å². The summed E-state index contributed by atoms with van der Waals surface area (Å²) in [4.78, 5) is 50.6. The number of fused-ring (bicyclic) bond motifs is 2. The number of methoxy groups -OCH3 is 1. The third kappa shape index (κ3) is 4.55. The van der Waals surface area contributed by atoms with Crippen molar-refractivity contribution in [2.75, 3.05) is 12.4 Å². The normalized spacial score (nSPS) is 26.9. The van der Waals surface area contributed by atoms with Gasteiger partial charge in [-0.2, -0.15) is 0 Å². The number of hydrogen-bond donors (Lipinski definition) is 3. The maximum atomic E-state index is 14.2. The van der Waals surface area contributed by atoms with Crippen molar-refractivity contribution in [2.24, 2.45) is 12.7 Å². The van der Waals surface area contributed by atoms with Gasteiger partial charge in [-0.1, -0.05) is 0 Å². The van der Waals surface area contributed by atoms with Crippen LogP contribution in [0.2, 0.25) is 0 Å². The van der Waals surface area contributed by atoms with Gasteiger partial charge in [0, 0.05) is 42.1 Å². The molecule has 0 bridgehead atoms. The Labute approximate surface area is 247 Å². The number of nitrogens with zero attached hydrogens (tertiary/aromatic N) is 6. The maximum Gasteiger partial charge on any atom is 0.407 e. The molecule has 4 aromatic rings. The fraction of sp³-hybridized carbons (Fsp3) is 0.481. The Morgan fingerprint density at radius 2 is 2.00 bits per heavy atom. The predicted octanol–water partition coefficient (Wildman–Crippen LogP) is 3.23. The molecule has 2 amide bonds. The second-order valence-electron chi connectivity index (χ2n) is 10.8. The fourth-order valence-corrected chi connectivity index (χ4v) is 6.04. The quantitative estimate of drug-likeness (QED) is 0.289. The number of nitrogens with one attached hydrogen (secondary N) is 2. The number of halogens is 3. The van der Waals surface area contributed by atoms with E-state index in [1.165, 1.54) is 22.9 Å². The van der Waals surface area contributed by atoms with Gasteiger partial charge < -0.3 is 21.1 Å². The van der Waals surface area contributed by atoms with Gasteiger partial charge in [-0.15, -0.1) is 0 Å². The summed E-state index contributed by atoms with van der Waals surface area (Å²) in [6.07, 6.45) is -4.65. The highest BCUT2D eigenvalue weighted by atomic mass is 19.3. The lowest BCUT2D eigenvalue weighted by Gasteiger charge is -2.43. The molecule has 0 radical (unpaired) electrons. The van der Waals surface area contributed by atoms with E-state index in [1.54, 1.807) is 6.92 Å². The van der Waals surface area contributed by atoms with Crippen LogP contribution in [0.25, 0.3) is 22.2 Å². The summed E-state index contributed by atoms with van der Waals surface area (Å²) < 4.78 is 82.4. The Balaban J connectivity index is 1.44. The molecule has 4 N–H and O–H groups in total. The van der Waals surface area contributed by atoms with Gasteiger partial charge in [0.25, 0.3) is 6.43 Å². The van der Waals surface area contributed by atoms with Crippen LogP contribution < -0.4 is 22.1 Å². The molecule has 0 spiro atoms. The van der Waals surface area contributed by atoms with Crippen LogP contribution in [-0.4, -0.2) is 60.0 Å². The largest absolute Gasteiger partial charge is 0.453 e. The first-order valence-corrected chi connectivity index (χ1v) is 13.4. The van der Waals surface area contributed by atoms with Gasteiger partial charge in [-0.3, -0.25) is 18.5 Å². The number of ether oxygens (including phenoxy) is 1. The van der Waals surface area contributed by atoms with Crippen molar-refractivity contribution >= 4 is 45.8 Å². The van der Waals surface area contributed by atoms with Gasteiger partial charge in [-0.25, -0.2) is 37.7 Å². The monoisotopic (exact) mass is 605 g/mol. The van der Waals surface area contributed by atoms with E-state index < -0.39 is 73.5 Å². The number of alkyl halides is 3. The van der Waals surface area contributed by atoms with Crippen molar-refractivity contribution in [1.82, 2.24) is 34.0 Å².